The third-order valence-corrected chi connectivity index (χ3v) is 10.3. The number of H-pyrrole nitrogens is 1. The molecule has 2 fully saturated rings. The Hall–Kier alpha value is -3.14. The van der Waals surface area contributed by atoms with Gasteiger partial charge in [-0.05, 0) is 18.3 Å². The minimum Gasteiger partial charge on any atom is -0.425 e. The minimum atomic E-state index is -4.47. The molecule has 7 heterocycles. The number of halogens is 2. The molecule has 4 aromatic heterocycles. The summed E-state index contributed by atoms with van der Waals surface area (Å²) in [5.41, 5.74) is 10.8. The maximum Gasteiger partial charge on any atom is 0.437 e. The van der Waals surface area contributed by atoms with Crippen LogP contribution in [0.2, 0.25) is 0 Å². The van der Waals surface area contributed by atoms with Gasteiger partial charge in [0.25, 0.3) is 5.56 Å². The summed E-state index contributed by atoms with van der Waals surface area (Å²) in [6.45, 7) is -9.69. The Morgan fingerprint density at radius 3 is 2.41 bits per heavy atom. The predicted octanol–water partition coefficient (Wildman–Crippen LogP) is 2.00. The highest BCUT2D eigenvalue weighted by molar-refractivity contribution is 8.44. The number of imidazole rings is 2. The maximum atomic E-state index is 16.0. The van der Waals surface area contributed by atoms with Crippen molar-refractivity contribution in [2.24, 2.45) is 0 Å². The lowest BCUT2D eigenvalue weighted by atomic mass is 10.1. The molecule has 3 aliphatic rings. The van der Waals surface area contributed by atoms with E-state index in [4.69, 9.17) is 39.0 Å². The van der Waals surface area contributed by atoms with Crippen LogP contribution in [0.5, 0.6) is 0 Å². The smallest absolute Gasteiger partial charge is 0.425 e. The Morgan fingerprint density at radius 1 is 0.913 bits per heavy atom. The number of anilines is 2. The lowest BCUT2D eigenvalue weighted by molar-refractivity contribution is -0.0446. The molecule has 2 bridgehead atoms. The molecule has 10 atom stereocenters. The van der Waals surface area contributed by atoms with E-state index in [0.717, 1.165) is 29.6 Å². The van der Waals surface area contributed by atoms with Gasteiger partial charge in [0.1, 0.15) is 36.3 Å². The highest BCUT2D eigenvalue weighted by atomic mass is 32.7. The summed E-state index contributed by atoms with van der Waals surface area (Å²) in [5.74, 6) is -0.232. The summed E-state index contributed by atoms with van der Waals surface area (Å²) in [6, 6.07) is 0. The Morgan fingerprint density at radius 2 is 1.63 bits per heavy atom. The molecular weight excluding hydrogens is 700 g/mol. The number of nitrogen functional groups attached to an aromatic ring is 2. The van der Waals surface area contributed by atoms with Crippen LogP contribution in [0.25, 0.3) is 22.3 Å². The summed E-state index contributed by atoms with van der Waals surface area (Å²) < 4.78 is 94.0. The number of ether oxygens (including phenoxy) is 2. The van der Waals surface area contributed by atoms with Crippen molar-refractivity contribution in [2.75, 3.05) is 18.1 Å². The van der Waals surface area contributed by atoms with Gasteiger partial charge in [0.15, 0.2) is 47.4 Å². The topological polar surface area (TPSA) is 249 Å². The van der Waals surface area contributed by atoms with Gasteiger partial charge in [0.05, 0.1) is 25.5 Å². The maximum absolute atomic E-state index is 16.0. The third-order valence-electron chi connectivity index (χ3n) is 7.23. The van der Waals surface area contributed by atoms with Crippen molar-refractivity contribution in [2.45, 2.75) is 49.2 Å². The quantitative estimate of drug-likeness (QED) is 0.147. The summed E-state index contributed by atoms with van der Waals surface area (Å²) >= 11 is 7.92. The largest absolute Gasteiger partial charge is 0.437 e. The first-order chi connectivity index (χ1) is 21.8. The number of nitrogens with one attached hydrogen (secondary N) is 1. The molecular formula is C21H22F2N10O9P2S2. The fourth-order valence-corrected chi connectivity index (χ4v) is 7.98. The zero-order valence-electron chi connectivity index (χ0n) is 22.7. The molecule has 3 aliphatic heterocycles. The van der Waals surface area contributed by atoms with Crippen molar-refractivity contribution in [1.29, 1.82) is 0 Å². The van der Waals surface area contributed by atoms with Crippen molar-refractivity contribution in [3.8, 4) is 0 Å². The average Bonchev–Trinajstić information content (AvgIpc) is 3.74. The number of rotatable bonds is 2. The van der Waals surface area contributed by atoms with E-state index in [1.54, 1.807) is 0 Å². The SMILES string of the molecule is Nc1nc2c(ncn2[C@@H]2O[C@@H]3CO[P@](=O)(S)O[C@H]4[C@@H](F)[C@H](n5cnc6c(N)ncnc65)O[C@@H]4/C=C\O[P@@](=O)(S)O[C@@H]2[C@@H]3F)c(=O)[nH]1. The zero-order valence-corrected chi connectivity index (χ0v) is 26.3. The second-order valence-corrected chi connectivity index (χ2v) is 15.8. The number of hydrogen-bond donors (Lipinski definition) is 5. The van der Waals surface area contributed by atoms with Crippen LogP contribution in [0.1, 0.15) is 12.5 Å². The number of nitrogens with two attached hydrogens (primary N) is 2. The van der Waals surface area contributed by atoms with Crippen molar-refractivity contribution in [3.63, 3.8) is 0 Å². The van der Waals surface area contributed by atoms with Crippen LogP contribution in [0, 0.1) is 0 Å². The van der Waals surface area contributed by atoms with Gasteiger partial charge in [-0.2, -0.15) is 4.98 Å². The molecule has 0 unspecified atom stereocenters. The number of thiol groups is 2. The zero-order chi connectivity index (χ0) is 32.5. The van der Waals surface area contributed by atoms with Crippen molar-refractivity contribution in [3.05, 3.63) is 41.7 Å². The molecule has 0 amide bonds. The molecule has 2 saturated heterocycles. The molecule has 19 nitrogen and oxygen atoms in total. The van der Waals surface area contributed by atoms with Gasteiger partial charge in [-0.25, -0.2) is 37.8 Å². The van der Waals surface area contributed by atoms with Crippen molar-refractivity contribution in [1.82, 2.24) is 39.0 Å². The minimum absolute atomic E-state index is 0.0401. The van der Waals surface area contributed by atoms with Crippen LogP contribution >= 0.6 is 38.1 Å². The number of alkyl halides is 2. The summed E-state index contributed by atoms with van der Waals surface area (Å²) in [4.78, 5) is 34.6. The fourth-order valence-electron chi connectivity index (χ4n) is 5.22. The molecule has 246 valence electrons. The van der Waals surface area contributed by atoms with E-state index >= 15 is 8.78 Å². The molecule has 0 radical (unpaired) electrons. The number of fused-ring (bicyclic) bond motifs is 5. The summed E-state index contributed by atoms with van der Waals surface area (Å²) in [5, 5.41) is 0. The second-order valence-electron chi connectivity index (χ2n) is 10.1. The molecule has 0 aliphatic carbocycles. The Labute approximate surface area is 265 Å². The summed E-state index contributed by atoms with van der Waals surface area (Å²) in [6.07, 6.45) is -8.03. The van der Waals surface area contributed by atoms with Gasteiger partial charge in [-0.15, -0.1) is 0 Å². The summed E-state index contributed by atoms with van der Waals surface area (Å²) in [7, 11) is 0. The van der Waals surface area contributed by atoms with E-state index < -0.39 is 75.0 Å². The Bertz CT molecular complexity index is 2020. The van der Waals surface area contributed by atoms with E-state index in [0.29, 0.717) is 0 Å². The Kier molecular flexibility index (Phi) is 7.88. The van der Waals surface area contributed by atoms with Crippen molar-refractivity contribution < 1.29 is 45.5 Å². The lowest BCUT2D eigenvalue weighted by Gasteiger charge is -2.24. The first-order valence-corrected chi connectivity index (χ1v) is 18.5. The lowest BCUT2D eigenvalue weighted by Crippen LogP contribution is -2.33. The number of hydrogen-bond acceptors (Lipinski definition) is 16. The van der Waals surface area contributed by atoms with E-state index in [-0.39, 0.29) is 34.1 Å². The first-order valence-electron chi connectivity index (χ1n) is 13.1. The van der Waals surface area contributed by atoms with Crippen LogP contribution < -0.4 is 17.0 Å². The predicted molar refractivity (Wildman–Crippen MR) is 159 cm³/mol. The van der Waals surface area contributed by atoms with Gasteiger partial charge in [0, 0.05) is 0 Å². The van der Waals surface area contributed by atoms with Crippen LogP contribution in [0.3, 0.4) is 0 Å². The average molecular weight is 723 g/mol. The fraction of sp³-hybridized carbons (Fsp3) is 0.429. The van der Waals surface area contributed by atoms with Gasteiger partial charge in [-0.3, -0.25) is 32.5 Å². The van der Waals surface area contributed by atoms with Crippen LogP contribution in [-0.2, 0) is 36.7 Å². The number of aromatic nitrogens is 8. The highest BCUT2D eigenvalue weighted by Crippen LogP contribution is 2.59. The molecule has 0 saturated carbocycles. The highest BCUT2D eigenvalue weighted by Gasteiger charge is 2.53. The molecule has 7 rings (SSSR count). The van der Waals surface area contributed by atoms with E-state index in [1.807, 2.05) is 0 Å². The molecule has 0 aromatic carbocycles. The van der Waals surface area contributed by atoms with Gasteiger partial charge < -0.3 is 25.5 Å². The van der Waals surface area contributed by atoms with E-state index in [9.17, 15) is 13.9 Å². The van der Waals surface area contributed by atoms with Gasteiger partial charge in [0.2, 0.25) is 5.95 Å². The molecule has 25 heteroatoms. The molecule has 0 spiro atoms. The Balaban J connectivity index is 1.21. The van der Waals surface area contributed by atoms with Crippen LogP contribution in [-0.4, -0.2) is 82.4 Å². The van der Waals surface area contributed by atoms with E-state index in [2.05, 4.69) is 54.4 Å². The molecule has 5 N–H and O–H groups in total. The van der Waals surface area contributed by atoms with Crippen molar-refractivity contribution >= 4 is 72.2 Å². The van der Waals surface area contributed by atoms with E-state index in [1.165, 1.54) is 10.9 Å². The number of aromatic amines is 1. The third kappa shape index (κ3) is 5.58. The van der Waals surface area contributed by atoms with Crippen LogP contribution in [0.4, 0.5) is 20.5 Å². The first kappa shape index (κ1) is 31.5. The normalized spacial score (nSPS) is 37.6. The standard InChI is InChI=1S/C21H22F2N10O9P2S2/c22-9-8-3-38-44(36,46)41-13-7(39-19(10(13)23)32-5-28-11-15(24)26-4-27-16(11)32)1-2-37-43(35,45)42-14(9)20(40-8)33-6-29-12-17(33)30-21(25)31-18(12)34/h1-2,4-10,13-14,19-20H,3H2,(H,35,45)(H,36,46)(H2,24,26,27)(H3,25,30,31,34)/b2-1-/t7-,8-,9-,10-,13-,14-,19-,20-,43-,44+/m1/s1. The molecule has 46 heavy (non-hydrogen) atoms. The molecule has 4 aromatic rings. The van der Waals surface area contributed by atoms with Gasteiger partial charge in [-0.1, -0.05) is 12.2 Å². The monoisotopic (exact) mass is 722 g/mol. The van der Waals surface area contributed by atoms with Crippen LogP contribution in [0.15, 0.2) is 36.1 Å². The second kappa shape index (κ2) is 11.5. The van der Waals surface area contributed by atoms with Gasteiger partial charge >= 0.3 is 13.6 Å². The number of nitrogens with zero attached hydrogens (tertiary/aromatic N) is 7.